The highest BCUT2D eigenvalue weighted by atomic mass is 35.5. The number of hydrogen-bond acceptors (Lipinski definition) is 3. The van der Waals surface area contributed by atoms with Gasteiger partial charge in [0.25, 0.3) is 0 Å². The quantitative estimate of drug-likeness (QED) is 0.917. The van der Waals surface area contributed by atoms with Crippen LogP contribution in [0.2, 0.25) is 5.02 Å². The molecule has 0 aliphatic carbocycles. The summed E-state index contributed by atoms with van der Waals surface area (Å²) in [4.78, 5) is 11.5. The molecule has 100 valence electrons. The SMILES string of the molecule is COc1cc(CNC(=O)OC(C)(C)C)ccc1Cl. The van der Waals surface area contributed by atoms with Crippen LogP contribution in [-0.4, -0.2) is 18.8 Å². The molecular weight excluding hydrogens is 254 g/mol. The number of ether oxygens (including phenoxy) is 2. The van der Waals surface area contributed by atoms with Crippen molar-refractivity contribution in [1.29, 1.82) is 0 Å². The molecule has 1 N–H and O–H groups in total. The summed E-state index contributed by atoms with van der Waals surface area (Å²) in [5, 5.41) is 3.21. The van der Waals surface area contributed by atoms with E-state index < -0.39 is 11.7 Å². The molecule has 0 bridgehead atoms. The highest BCUT2D eigenvalue weighted by molar-refractivity contribution is 6.32. The Hall–Kier alpha value is -1.42. The predicted octanol–water partition coefficient (Wildman–Crippen LogP) is 3.37. The third kappa shape index (κ3) is 4.84. The van der Waals surface area contributed by atoms with Crippen LogP contribution in [0, 0.1) is 0 Å². The first kappa shape index (κ1) is 14.6. The smallest absolute Gasteiger partial charge is 0.407 e. The van der Waals surface area contributed by atoms with Gasteiger partial charge in [-0.05, 0) is 38.5 Å². The fourth-order valence-corrected chi connectivity index (χ4v) is 1.50. The lowest BCUT2D eigenvalue weighted by Gasteiger charge is -2.19. The molecule has 0 saturated carbocycles. The number of carbonyl (C=O) groups excluding carboxylic acids is 1. The first-order valence-electron chi connectivity index (χ1n) is 5.61. The zero-order valence-corrected chi connectivity index (χ0v) is 11.8. The molecular formula is C13H18ClNO3. The van der Waals surface area contributed by atoms with Crippen LogP contribution in [0.4, 0.5) is 4.79 Å². The predicted molar refractivity (Wildman–Crippen MR) is 71.1 cm³/mol. The number of methoxy groups -OCH3 is 1. The summed E-state index contributed by atoms with van der Waals surface area (Å²) in [6.45, 7) is 5.82. The molecule has 0 radical (unpaired) electrons. The van der Waals surface area contributed by atoms with E-state index in [4.69, 9.17) is 21.1 Å². The highest BCUT2D eigenvalue weighted by Gasteiger charge is 2.15. The number of benzene rings is 1. The Labute approximate surface area is 112 Å². The third-order valence-corrected chi connectivity index (χ3v) is 2.36. The molecule has 18 heavy (non-hydrogen) atoms. The van der Waals surface area contributed by atoms with Gasteiger partial charge in [-0.25, -0.2) is 4.79 Å². The molecule has 0 heterocycles. The Morgan fingerprint density at radius 2 is 2.06 bits per heavy atom. The number of hydrogen-bond donors (Lipinski definition) is 1. The van der Waals surface area contributed by atoms with Gasteiger partial charge < -0.3 is 14.8 Å². The van der Waals surface area contributed by atoms with Crippen molar-refractivity contribution in [2.75, 3.05) is 7.11 Å². The van der Waals surface area contributed by atoms with Crippen LogP contribution in [0.3, 0.4) is 0 Å². The van der Waals surface area contributed by atoms with Gasteiger partial charge in [-0.2, -0.15) is 0 Å². The zero-order valence-electron chi connectivity index (χ0n) is 11.0. The molecule has 1 rings (SSSR count). The Morgan fingerprint density at radius 1 is 1.39 bits per heavy atom. The molecule has 1 amide bonds. The van der Waals surface area contributed by atoms with Crippen molar-refractivity contribution in [3.8, 4) is 5.75 Å². The van der Waals surface area contributed by atoms with Crippen LogP contribution in [0.5, 0.6) is 5.75 Å². The molecule has 1 aromatic rings. The van der Waals surface area contributed by atoms with Crippen molar-refractivity contribution in [3.63, 3.8) is 0 Å². The molecule has 0 saturated heterocycles. The Kier molecular flexibility index (Phi) is 4.84. The van der Waals surface area contributed by atoms with Gasteiger partial charge in [-0.3, -0.25) is 0 Å². The lowest BCUT2D eigenvalue weighted by molar-refractivity contribution is 0.0523. The minimum Gasteiger partial charge on any atom is -0.495 e. The second kappa shape index (κ2) is 5.96. The number of carbonyl (C=O) groups is 1. The number of nitrogens with one attached hydrogen (secondary N) is 1. The van der Waals surface area contributed by atoms with Gasteiger partial charge in [-0.1, -0.05) is 17.7 Å². The van der Waals surface area contributed by atoms with Crippen LogP contribution < -0.4 is 10.1 Å². The van der Waals surface area contributed by atoms with E-state index in [0.717, 1.165) is 5.56 Å². The first-order valence-corrected chi connectivity index (χ1v) is 5.99. The lowest BCUT2D eigenvalue weighted by Crippen LogP contribution is -2.32. The average Bonchev–Trinajstić information content (AvgIpc) is 2.25. The summed E-state index contributed by atoms with van der Waals surface area (Å²) in [5.74, 6) is 0.583. The second-order valence-corrected chi connectivity index (χ2v) is 5.23. The molecule has 0 aromatic heterocycles. The van der Waals surface area contributed by atoms with Gasteiger partial charge in [0.2, 0.25) is 0 Å². The van der Waals surface area contributed by atoms with Gasteiger partial charge in [-0.15, -0.1) is 0 Å². The van der Waals surface area contributed by atoms with Crippen LogP contribution in [0.1, 0.15) is 26.3 Å². The van der Waals surface area contributed by atoms with Gasteiger partial charge in [0.1, 0.15) is 11.4 Å². The van der Waals surface area contributed by atoms with Crippen molar-refractivity contribution in [1.82, 2.24) is 5.32 Å². The topological polar surface area (TPSA) is 47.6 Å². The van der Waals surface area contributed by atoms with Crippen molar-refractivity contribution < 1.29 is 14.3 Å². The van der Waals surface area contributed by atoms with E-state index in [0.29, 0.717) is 17.3 Å². The summed E-state index contributed by atoms with van der Waals surface area (Å²) >= 11 is 5.91. The third-order valence-electron chi connectivity index (χ3n) is 2.05. The van der Waals surface area contributed by atoms with E-state index in [9.17, 15) is 4.79 Å². The number of rotatable bonds is 3. The maximum absolute atomic E-state index is 11.5. The average molecular weight is 272 g/mol. The molecule has 0 aliphatic rings. The second-order valence-electron chi connectivity index (χ2n) is 4.82. The van der Waals surface area contributed by atoms with Crippen LogP contribution in [-0.2, 0) is 11.3 Å². The fraction of sp³-hybridized carbons (Fsp3) is 0.462. The maximum Gasteiger partial charge on any atom is 0.407 e. The van der Waals surface area contributed by atoms with Gasteiger partial charge >= 0.3 is 6.09 Å². The molecule has 1 aromatic carbocycles. The molecule has 0 fully saturated rings. The van der Waals surface area contributed by atoms with E-state index in [2.05, 4.69) is 5.32 Å². The summed E-state index contributed by atoms with van der Waals surface area (Å²) in [6, 6.07) is 5.33. The monoisotopic (exact) mass is 271 g/mol. The first-order chi connectivity index (χ1) is 8.31. The van der Waals surface area contributed by atoms with E-state index in [-0.39, 0.29) is 0 Å². The Balaban J connectivity index is 2.56. The summed E-state index contributed by atoms with van der Waals surface area (Å²) < 4.78 is 10.2. The van der Waals surface area contributed by atoms with Crippen LogP contribution in [0.25, 0.3) is 0 Å². The minimum atomic E-state index is -0.498. The molecule has 0 unspecified atom stereocenters. The van der Waals surface area contributed by atoms with E-state index in [1.165, 1.54) is 0 Å². The largest absolute Gasteiger partial charge is 0.495 e. The van der Waals surface area contributed by atoms with Crippen molar-refractivity contribution in [2.24, 2.45) is 0 Å². The minimum absolute atomic E-state index is 0.364. The van der Waals surface area contributed by atoms with Gasteiger partial charge in [0.15, 0.2) is 0 Å². The fourth-order valence-electron chi connectivity index (χ4n) is 1.30. The van der Waals surface area contributed by atoms with E-state index >= 15 is 0 Å². The van der Waals surface area contributed by atoms with E-state index in [1.54, 1.807) is 19.2 Å². The Morgan fingerprint density at radius 3 is 2.61 bits per heavy atom. The molecule has 0 atom stereocenters. The molecule has 4 nitrogen and oxygen atoms in total. The summed E-state index contributed by atoms with van der Waals surface area (Å²) in [6.07, 6.45) is -0.448. The van der Waals surface area contributed by atoms with Crippen molar-refractivity contribution in [2.45, 2.75) is 32.9 Å². The van der Waals surface area contributed by atoms with Gasteiger partial charge in [0, 0.05) is 6.54 Å². The van der Waals surface area contributed by atoms with E-state index in [1.807, 2.05) is 26.8 Å². The number of halogens is 1. The highest BCUT2D eigenvalue weighted by Crippen LogP contribution is 2.24. The van der Waals surface area contributed by atoms with Crippen LogP contribution in [0.15, 0.2) is 18.2 Å². The maximum atomic E-state index is 11.5. The summed E-state index contributed by atoms with van der Waals surface area (Å²) in [5.41, 5.74) is 0.393. The van der Waals surface area contributed by atoms with Crippen molar-refractivity contribution in [3.05, 3.63) is 28.8 Å². The van der Waals surface area contributed by atoms with Gasteiger partial charge in [0.05, 0.1) is 12.1 Å². The lowest BCUT2D eigenvalue weighted by atomic mass is 10.2. The van der Waals surface area contributed by atoms with Crippen LogP contribution >= 0.6 is 11.6 Å². The number of amides is 1. The standard InChI is InChI=1S/C13H18ClNO3/c1-13(2,3)18-12(16)15-8-9-5-6-10(14)11(7-9)17-4/h5-7H,8H2,1-4H3,(H,15,16). The molecule has 0 spiro atoms. The zero-order chi connectivity index (χ0) is 13.8. The number of alkyl carbamates (subject to hydrolysis) is 1. The summed E-state index contributed by atoms with van der Waals surface area (Å²) in [7, 11) is 1.55. The molecule has 5 heteroatoms. The molecule has 0 aliphatic heterocycles. The Bertz CT molecular complexity index is 427. The normalized spacial score (nSPS) is 10.9. The van der Waals surface area contributed by atoms with Crippen molar-refractivity contribution >= 4 is 17.7 Å².